The number of benzene rings is 1. The maximum atomic E-state index is 12.1. The third-order valence-electron chi connectivity index (χ3n) is 3.18. The molecule has 18 heavy (non-hydrogen) atoms. The van der Waals surface area contributed by atoms with Crippen LogP contribution in [0, 0.1) is 0 Å². The summed E-state index contributed by atoms with van der Waals surface area (Å²) in [7, 11) is 0. The smallest absolute Gasteiger partial charge is 0.266 e. The number of hydrogen-bond donors (Lipinski definition) is 1. The zero-order valence-corrected chi connectivity index (χ0v) is 12.1. The molecule has 0 fully saturated rings. The molecule has 0 atom stereocenters. The minimum absolute atomic E-state index is 0.0465. The number of fused-ring (bicyclic) bond motifs is 1. The third kappa shape index (κ3) is 2.22. The summed E-state index contributed by atoms with van der Waals surface area (Å²) in [6.45, 7) is 0. The lowest BCUT2D eigenvalue weighted by molar-refractivity contribution is 0.103. The van der Waals surface area contributed by atoms with Crippen molar-refractivity contribution in [3.05, 3.63) is 50.1 Å². The van der Waals surface area contributed by atoms with Gasteiger partial charge in [-0.15, -0.1) is 11.3 Å². The third-order valence-corrected chi connectivity index (χ3v) is 5.02. The van der Waals surface area contributed by atoms with Crippen LogP contribution in [0.15, 0.2) is 34.1 Å². The Morgan fingerprint density at radius 2 is 2.06 bits per heavy atom. The number of aryl methyl sites for hydroxylation is 2. The van der Waals surface area contributed by atoms with E-state index in [2.05, 4.69) is 33.4 Å². The second kappa shape index (κ2) is 4.86. The highest BCUT2D eigenvalue weighted by Gasteiger charge is 2.14. The van der Waals surface area contributed by atoms with E-state index < -0.39 is 0 Å². The average Bonchev–Trinajstić information content (AvgIpc) is 2.96. The van der Waals surface area contributed by atoms with E-state index in [1.165, 1.54) is 35.3 Å². The zero-order chi connectivity index (χ0) is 12.5. The van der Waals surface area contributed by atoms with E-state index in [9.17, 15) is 4.79 Å². The summed E-state index contributed by atoms with van der Waals surface area (Å²) >= 11 is 4.82. The second-order valence-electron chi connectivity index (χ2n) is 4.39. The summed E-state index contributed by atoms with van der Waals surface area (Å²) in [6, 6.07) is 8.11. The molecular weight excluding hydrogens is 310 g/mol. The molecule has 1 N–H and O–H groups in total. The maximum absolute atomic E-state index is 12.1. The van der Waals surface area contributed by atoms with Crippen LogP contribution in [-0.4, -0.2) is 5.91 Å². The lowest BCUT2D eigenvalue weighted by Gasteiger charge is -2.06. The van der Waals surface area contributed by atoms with Gasteiger partial charge < -0.3 is 5.32 Å². The Labute approximate surface area is 118 Å². The topological polar surface area (TPSA) is 29.1 Å². The van der Waals surface area contributed by atoms with Gasteiger partial charge in [0.15, 0.2) is 0 Å². The molecule has 0 saturated carbocycles. The first-order chi connectivity index (χ1) is 8.74. The van der Waals surface area contributed by atoms with Crippen molar-refractivity contribution in [2.75, 3.05) is 5.32 Å². The van der Waals surface area contributed by atoms with E-state index in [0.717, 1.165) is 21.5 Å². The molecule has 1 amide bonds. The van der Waals surface area contributed by atoms with E-state index in [0.29, 0.717) is 0 Å². The van der Waals surface area contributed by atoms with E-state index in [-0.39, 0.29) is 5.91 Å². The lowest BCUT2D eigenvalue weighted by Crippen LogP contribution is -2.10. The van der Waals surface area contributed by atoms with Crippen LogP contribution in [0.4, 0.5) is 5.69 Å². The zero-order valence-electron chi connectivity index (χ0n) is 9.70. The van der Waals surface area contributed by atoms with E-state index in [1.807, 2.05) is 17.5 Å². The Balaban J connectivity index is 1.81. The Kier molecular flexibility index (Phi) is 3.22. The van der Waals surface area contributed by atoms with Gasteiger partial charge in [0.25, 0.3) is 5.91 Å². The average molecular weight is 322 g/mol. The monoisotopic (exact) mass is 321 g/mol. The van der Waals surface area contributed by atoms with Crippen molar-refractivity contribution in [3.63, 3.8) is 0 Å². The molecule has 0 spiro atoms. The molecule has 3 rings (SSSR count). The molecule has 0 saturated heterocycles. The summed E-state index contributed by atoms with van der Waals surface area (Å²) in [6.07, 6.45) is 3.52. The lowest BCUT2D eigenvalue weighted by atomic mass is 10.1. The Hall–Kier alpha value is -1.13. The van der Waals surface area contributed by atoms with Crippen LogP contribution in [0.2, 0.25) is 0 Å². The molecule has 1 aromatic carbocycles. The molecular formula is C14H12BrNOS. The van der Waals surface area contributed by atoms with Crippen LogP contribution >= 0.6 is 27.3 Å². The molecule has 0 radical (unpaired) electrons. The minimum Gasteiger partial charge on any atom is -0.321 e. The summed E-state index contributed by atoms with van der Waals surface area (Å²) in [5, 5.41) is 4.86. The van der Waals surface area contributed by atoms with Crippen LogP contribution < -0.4 is 5.32 Å². The highest BCUT2D eigenvalue weighted by Crippen LogP contribution is 2.27. The molecule has 2 aromatic rings. The van der Waals surface area contributed by atoms with Gasteiger partial charge in [-0.25, -0.2) is 0 Å². The highest BCUT2D eigenvalue weighted by molar-refractivity contribution is 9.10. The molecule has 1 heterocycles. The number of nitrogens with one attached hydrogen (secondary N) is 1. The van der Waals surface area contributed by atoms with Gasteiger partial charge in [0.1, 0.15) is 4.88 Å². The van der Waals surface area contributed by atoms with Crippen molar-refractivity contribution in [2.24, 2.45) is 0 Å². The van der Waals surface area contributed by atoms with Gasteiger partial charge in [0.05, 0.1) is 0 Å². The summed E-state index contributed by atoms with van der Waals surface area (Å²) in [5.41, 5.74) is 3.68. The number of rotatable bonds is 2. The molecule has 1 aliphatic rings. The Bertz CT molecular complexity index is 606. The van der Waals surface area contributed by atoms with Gasteiger partial charge in [-0.1, -0.05) is 6.07 Å². The van der Waals surface area contributed by atoms with E-state index in [4.69, 9.17) is 0 Å². The molecule has 0 unspecified atom stereocenters. The van der Waals surface area contributed by atoms with Crippen molar-refractivity contribution in [2.45, 2.75) is 19.3 Å². The predicted octanol–water partition coefficient (Wildman–Crippen LogP) is 4.25. The second-order valence-corrected chi connectivity index (χ2v) is 6.16. The fraction of sp³-hybridized carbons (Fsp3) is 0.214. The number of hydrogen-bond acceptors (Lipinski definition) is 2. The predicted molar refractivity (Wildman–Crippen MR) is 78.4 cm³/mol. The number of carbonyl (C=O) groups is 1. The fourth-order valence-corrected chi connectivity index (χ4v) is 3.74. The molecule has 4 heteroatoms. The number of halogens is 1. The molecule has 92 valence electrons. The normalized spacial score (nSPS) is 13.4. The SMILES string of the molecule is O=C(Nc1ccc2c(c1)CCC2)c1sccc1Br. The minimum atomic E-state index is -0.0465. The van der Waals surface area contributed by atoms with Crippen molar-refractivity contribution in [1.82, 2.24) is 0 Å². The summed E-state index contributed by atoms with van der Waals surface area (Å²) < 4.78 is 0.853. The number of anilines is 1. The van der Waals surface area contributed by atoms with Crippen LogP contribution in [0.3, 0.4) is 0 Å². The quantitative estimate of drug-likeness (QED) is 0.880. The van der Waals surface area contributed by atoms with Crippen molar-refractivity contribution >= 4 is 38.9 Å². The van der Waals surface area contributed by atoms with Crippen LogP contribution in [0.25, 0.3) is 0 Å². The van der Waals surface area contributed by atoms with Crippen molar-refractivity contribution in [1.29, 1.82) is 0 Å². The standard InChI is InChI=1S/C14H12BrNOS/c15-12-6-7-18-13(12)14(17)16-11-5-4-9-2-1-3-10(9)8-11/h4-8H,1-3H2,(H,16,17). The first kappa shape index (κ1) is 11.9. The van der Waals surface area contributed by atoms with Gasteiger partial charge in [-0.2, -0.15) is 0 Å². The highest BCUT2D eigenvalue weighted by atomic mass is 79.9. The summed E-state index contributed by atoms with van der Waals surface area (Å²) in [4.78, 5) is 12.8. The summed E-state index contributed by atoms with van der Waals surface area (Å²) in [5.74, 6) is -0.0465. The maximum Gasteiger partial charge on any atom is 0.266 e. The van der Waals surface area contributed by atoms with Crippen molar-refractivity contribution in [3.8, 4) is 0 Å². The first-order valence-electron chi connectivity index (χ1n) is 5.90. The molecule has 0 bridgehead atoms. The van der Waals surface area contributed by atoms with Gasteiger partial charge in [-0.05, 0) is 69.9 Å². The number of thiophene rings is 1. The molecule has 2 nitrogen and oxygen atoms in total. The Morgan fingerprint density at radius 1 is 1.22 bits per heavy atom. The van der Waals surface area contributed by atoms with Gasteiger partial charge in [-0.3, -0.25) is 4.79 Å². The van der Waals surface area contributed by atoms with E-state index in [1.54, 1.807) is 0 Å². The van der Waals surface area contributed by atoms with Gasteiger partial charge in [0, 0.05) is 10.2 Å². The van der Waals surface area contributed by atoms with Gasteiger partial charge >= 0.3 is 0 Å². The van der Waals surface area contributed by atoms with Crippen LogP contribution in [-0.2, 0) is 12.8 Å². The molecule has 1 aromatic heterocycles. The number of carbonyl (C=O) groups excluding carboxylic acids is 1. The Morgan fingerprint density at radius 3 is 2.83 bits per heavy atom. The van der Waals surface area contributed by atoms with Crippen LogP contribution in [0.1, 0.15) is 27.2 Å². The van der Waals surface area contributed by atoms with E-state index >= 15 is 0 Å². The molecule has 1 aliphatic carbocycles. The van der Waals surface area contributed by atoms with Crippen molar-refractivity contribution < 1.29 is 4.79 Å². The van der Waals surface area contributed by atoms with Crippen LogP contribution in [0.5, 0.6) is 0 Å². The number of amides is 1. The molecule has 0 aliphatic heterocycles. The van der Waals surface area contributed by atoms with Gasteiger partial charge in [0.2, 0.25) is 0 Å². The first-order valence-corrected chi connectivity index (χ1v) is 7.57. The fourth-order valence-electron chi connectivity index (χ4n) is 2.29. The largest absolute Gasteiger partial charge is 0.321 e.